The van der Waals surface area contributed by atoms with E-state index >= 15 is 0 Å². The Labute approximate surface area is 218 Å². The Morgan fingerprint density at radius 1 is 1.19 bits per heavy atom. The van der Waals surface area contributed by atoms with E-state index in [0.29, 0.717) is 31.6 Å². The minimum absolute atomic E-state index is 0.00421. The van der Waals surface area contributed by atoms with Crippen LogP contribution < -0.4 is 5.73 Å². The molecule has 0 spiro atoms. The SMILES string of the molecule is CC(C)/C(=C/C(=N)c1ccc(F)cc1)C1=CCC(C)C(C(=O)N2CCN(C(=O)C3(N)CC3)C(C)C2)C=N1. The smallest absolute Gasteiger partial charge is 0.243 e. The van der Waals surface area contributed by atoms with Crippen molar-refractivity contribution in [1.82, 2.24) is 9.80 Å². The molecule has 0 radical (unpaired) electrons. The number of aliphatic imine (C=N–C) groups is 1. The molecule has 8 heteroatoms. The molecule has 0 aromatic heterocycles. The Morgan fingerprint density at radius 3 is 2.46 bits per heavy atom. The topological polar surface area (TPSA) is 103 Å². The number of nitrogens with zero attached hydrogens (tertiary/aromatic N) is 3. The zero-order chi connectivity index (χ0) is 26.9. The number of nitrogens with two attached hydrogens (primary N) is 1. The fourth-order valence-corrected chi connectivity index (χ4v) is 5.01. The van der Waals surface area contributed by atoms with Gasteiger partial charge in [0.1, 0.15) is 5.82 Å². The van der Waals surface area contributed by atoms with Crippen LogP contribution in [-0.4, -0.2) is 64.8 Å². The molecule has 3 unspecified atom stereocenters. The largest absolute Gasteiger partial charge is 0.338 e. The molecule has 198 valence electrons. The van der Waals surface area contributed by atoms with Crippen molar-refractivity contribution >= 4 is 23.7 Å². The number of rotatable bonds is 6. The molecule has 2 amide bonds. The van der Waals surface area contributed by atoms with Crippen molar-refractivity contribution in [2.45, 2.75) is 58.5 Å². The molecule has 1 saturated heterocycles. The van der Waals surface area contributed by atoms with Crippen molar-refractivity contribution in [2.75, 3.05) is 19.6 Å². The van der Waals surface area contributed by atoms with Crippen molar-refractivity contribution < 1.29 is 14.0 Å². The highest BCUT2D eigenvalue weighted by Gasteiger charge is 2.50. The fraction of sp³-hybridized carbons (Fsp3) is 0.517. The maximum absolute atomic E-state index is 13.6. The van der Waals surface area contributed by atoms with E-state index in [1.54, 1.807) is 24.4 Å². The first-order valence-corrected chi connectivity index (χ1v) is 13.2. The summed E-state index contributed by atoms with van der Waals surface area (Å²) in [5.41, 5.74) is 8.03. The van der Waals surface area contributed by atoms with Gasteiger partial charge < -0.3 is 20.9 Å². The fourth-order valence-electron chi connectivity index (χ4n) is 5.01. The second kappa shape index (κ2) is 10.7. The highest BCUT2D eigenvalue weighted by molar-refractivity contribution is 6.07. The summed E-state index contributed by atoms with van der Waals surface area (Å²) in [4.78, 5) is 34.7. The van der Waals surface area contributed by atoms with Gasteiger partial charge in [0.15, 0.2) is 0 Å². The number of hydrogen-bond acceptors (Lipinski definition) is 5. The summed E-state index contributed by atoms with van der Waals surface area (Å²) in [5.74, 6) is -0.489. The van der Waals surface area contributed by atoms with Crippen LogP contribution in [0.15, 0.2) is 52.7 Å². The standard InChI is InChI=1S/C29H38FN5O2/c1-18(2)23(15-25(31)21-6-8-22(30)9-7-21)26-10-5-19(3)24(16-33-26)27(36)34-13-14-35(20(4)17-34)28(37)29(32)11-12-29/h6-10,15-16,18-20,24,31H,5,11-14,17,32H2,1-4H3/b23-15-,31-25?. The van der Waals surface area contributed by atoms with Crippen LogP contribution >= 0.6 is 0 Å². The normalized spacial score (nSPS) is 25.5. The number of nitrogens with one attached hydrogen (secondary N) is 1. The van der Waals surface area contributed by atoms with Gasteiger partial charge in [-0.05, 0) is 79.5 Å². The summed E-state index contributed by atoms with van der Waals surface area (Å²) in [6.45, 7) is 9.61. The van der Waals surface area contributed by atoms with Crippen molar-refractivity contribution in [3.63, 3.8) is 0 Å². The Kier molecular flexibility index (Phi) is 7.78. The molecule has 37 heavy (non-hydrogen) atoms. The highest BCUT2D eigenvalue weighted by Crippen LogP contribution is 2.35. The molecular formula is C29H38FN5O2. The van der Waals surface area contributed by atoms with Crippen LogP contribution in [-0.2, 0) is 9.59 Å². The first-order chi connectivity index (χ1) is 17.5. The zero-order valence-corrected chi connectivity index (χ0v) is 22.2. The van der Waals surface area contributed by atoms with Crippen molar-refractivity contribution in [1.29, 1.82) is 5.41 Å². The van der Waals surface area contributed by atoms with Gasteiger partial charge in [-0.2, -0.15) is 0 Å². The van der Waals surface area contributed by atoms with E-state index in [2.05, 4.69) is 6.92 Å². The van der Waals surface area contributed by atoms with Crippen LogP contribution in [0.25, 0.3) is 0 Å². The number of carbonyl (C=O) groups excluding carboxylic acids is 2. The van der Waals surface area contributed by atoms with Gasteiger partial charge in [-0.3, -0.25) is 14.6 Å². The first-order valence-electron chi connectivity index (χ1n) is 13.2. The lowest BCUT2D eigenvalue weighted by atomic mass is 9.90. The van der Waals surface area contributed by atoms with Crippen LogP contribution in [0, 0.1) is 29.0 Å². The first kappa shape index (κ1) is 26.9. The highest BCUT2D eigenvalue weighted by atomic mass is 19.1. The molecule has 1 saturated carbocycles. The number of piperazine rings is 1. The number of carbonyl (C=O) groups is 2. The summed E-state index contributed by atoms with van der Waals surface area (Å²) in [6.07, 6.45) is 7.75. The third-order valence-electron chi connectivity index (χ3n) is 7.74. The molecule has 2 fully saturated rings. The third-order valence-corrected chi connectivity index (χ3v) is 7.74. The van der Waals surface area contributed by atoms with E-state index in [-0.39, 0.29) is 47.1 Å². The second-order valence-electron chi connectivity index (χ2n) is 11.1. The Hall–Kier alpha value is -3.13. The van der Waals surface area contributed by atoms with E-state index in [1.807, 2.05) is 36.6 Å². The lowest BCUT2D eigenvalue weighted by molar-refractivity contribution is -0.145. The zero-order valence-electron chi connectivity index (χ0n) is 22.2. The maximum atomic E-state index is 13.6. The second-order valence-corrected chi connectivity index (χ2v) is 11.1. The Balaban J connectivity index is 1.46. The van der Waals surface area contributed by atoms with Gasteiger partial charge in [0, 0.05) is 31.9 Å². The molecule has 4 rings (SSSR count). The van der Waals surface area contributed by atoms with Crippen LogP contribution in [0.4, 0.5) is 4.39 Å². The summed E-state index contributed by atoms with van der Waals surface area (Å²) in [6, 6.07) is 5.82. The van der Waals surface area contributed by atoms with Crippen LogP contribution in [0.3, 0.4) is 0 Å². The number of allylic oxidation sites excluding steroid dienone is 3. The summed E-state index contributed by atoms with van der Waals surface area (Å²) < 4.78 is 13.3. The minimum Gasteiger partial charge on any atom is -0.338 e. The number of benzene rings is 1. The lowest BCUT2D eigenvalue weighted by Gasteiger charge is -2.42. The molecule has 3 aliphatic rings. The molecule has 1 aromatic rings. The third kappa shape index (κ3) is 5.90. The van der Waals surface area contributed by atoms with Gasteiger partial charge in [-0.1, -0.05) is 26.8 Å². The molecule has 1 aliphatic carbocycles. The molecule has 7 nitrogen and oxygen atoms in total. The number of halogens is 1. The number of hydrogen-bond donors (Lipinski definition) is 2. The minimum atomic E-state index is -0.695. The number of amides is 2. The molecule has 3 N–H and O–H groups in total. The predicted molar refractivity (Wildman–Crippen MR) is 144 cm³/mol. The van der Waals surface area contributed by atoms with E-state index in [4.69, 9.17) is 16.1 Å². The quantitative estimate of drug-likeness (QED) is 0.570. The molecule has 1 aromatic carbocycles. The van der Waals surface area contributed by atoms with Gasteiger partial charge in [-0.15, -0.1) is 0 Å². The summed E-state index contributed by atoms with van der Waals surface area (Å²) in [5, 5.41) is 8.51. The molecule has 3 atom stereocenters. The van der Waals surface area contributed by atoms with Gasteiger partial charge >= 0.3 is 0 Å². The van der Waals surface area contributed by atoms with Gasteiger partial charge in [0.25, 0.3) is 0 Å². The molecular weight excluding hydrogens is 469 g/mol. The van der Waals surface area contributed by atoms with Crippen LogP contribution in [0.2, 0.25) is 0 Å². The van der Waals surface area contributed by atoms with Crippen LogP contribution in [0.1, 0.15) is 52.5 Å². The maximum Gasteiger partial charge on any atom is 0.243 e. The average Bonchev–Trinajstić information content (AvgIpc) is 3.65. The van der Waals surface area contributed by atoms with Gasteiger partial charge in [0.05, 0.1) is 22.9 Å². The van der Waals surface area contributed by atoms with Crippen molar-refractivity contribution in [3.05, 3.63) is 59.1 Å². The predicted octanol–water partition coefficient (Wildman–Crippen LogP) is 3.94. The van der Waals surface area contributed by atoms with E-state index in [0.717, 1.165) is 24.1 Å². The summed E-state index contributed by atoms with van der Waals surface area (Å²) >= 11 is 0. The molecule has 2 heterocycles. The Bertz CT molecular complexity index is 1150. The Morgan fingerprint density at radius 2 is 1.86 bits per heavy atom. The van der Waals surface area contributed by atoms with Crippen molar-refractivity contribution in [3.8, 4) is 0 Å². The van der Waals surface area contributed by atoms with E-state index in [9.17, 15) is 14.0 Å². The molecule has 2 aliphatic heterocycles. The van der Waals surface area contributed by atoms with Crippen LogP contribution in [0.5, 0.6) is 0 Å². The van der Waals surface area contributed by atoms with Gasteiger partial charge in [-0.25, -0.2) is 4.39 Å². The monoisotopic (exact) mass is 507 g/mol. The van der Waals surface area contributed by atoms with E-state index < -0.39 is 5.54 Å². The van der Waals surface area contributed by atoms with Gasteiger partial charge in [0.2, 0.25) is 11.8 Å². The molecule has 0 bridgehead atoms. The lowest BCUT2D eigenvalue weighted by Crippen LogP contribution is -2.60. The van der Waals surface area contributed by atoms with Crippen molar-refractivity contribution in [2.24, 2.45) is 28.5 Å². The average molecular weight is 508 g/mol. The summed E-state index contributed by atoms with van der Waals surface area (Å²) in [7, 11) is 0. The van der Waals surface area contributed by atoms with E-state index in [1.165, 1.54) is 12.1 Å².